The van der Waals surface area contributed by atoms with Crippen LogP contribution in [0.2, 0.25) is 0 Å². The Hall–Kier alpha value is -1.55. The standard InChI is InChI=1S/C12H18N2O2/c1-9-8-10(4-5-11(9)15)12(16)14(3)7-6-13-2/h4-5,8,13,15H,6-7H2,1-3H3. The molecule has 0 saturated heterocycles. The van der Waals surface area contributed by atoms with E-state index >= 15 is 0 Å². The highest BCUT2D eigenvalue weighted by Gasteiger charge is 2.11. The number of hydrogen-bond acceptors (Lipinski definition) is 3. The number of aromatic hydroxyl groups is 1. The van der Waals surface area contributed by atoms with Crippen molar-refractivity contribution in [2.45, 2.75) is 6.92 Å². The molecule has 0 heterocycles. The predicted molar refractivity (Wildman–Crippen MR) is 63.7 cm³/mol. The predicted octanol–water partition coefficient (Wildman–Crippen LogP) is 0.992. The number of phenols is 1. The molecule has 0 atom stereocenters. The summed E-state index contributed by atoms with van der Waals surface area (Å²) in [4.78, 5) is 13.6. The Balaban J connectivity index is 2.76. The van der Waals surface area contributed by atoms with Crippen LogP contribution in [0.1, 0.15) is 15.9 Å². The van der Waals surface area contributed by atoms with Gasteiger partial charge in [0, 0.05) is 25.7 Å². The molecule has 88 valence electrons. The van der Waals surface area contributed by atoms with Crippen molar-refractivity contribution < 1.29 is 9.90 Å². The van der Waals surface area contributed by atoms with Gasteiger partial charge < -0.3 is 15.3 Å². The number of carbonyl (C=O) groups excluding carboxylic acids is 1. The third kappa shape index (κ3) is 2.97. The first-order valence-electron chi connectivity index (χ1n) is 5.26. The summed E-state index contributed by atoms with van der Waals surface area (Å²) >= 11 is 0. The Kier molecular flexibility index (Phi) is 4.31. The van der Waals surface area contributed by atoms with Crippen molar-refractivity contribution in [3.8, 4) is 5.75 Å². The first-order valence-corrected chi connectivity index (χ1v) is 5.26. The molecule has 4 nitrogen and oxygen atoms in total. The van der Waals surface area contributed by atoms with E-state index in [1.54, 1.807) is 37.1 Å². The molecule has 1 aromatic rings. The van der Waals surface area contributed by atoms with Gasteiger partial charge in [-0.25, -0.2) is 0 Å². The molecule has 2 N–H and O–H groups in total. The number of phenolic OH excluding ortho intramolecular Hbond substituents is 1. The third-order valence-electron chi connectivity index (χ3n) is 2.49. The van der Waals surface area contributed by atoms with Crippen LogP contribution in [0.15, 0.2) is 18.2 Å². The van der Waals surface area contributed by atoms with Crippen LogP contribution in [0, 0.1) is 6.92 Å². The molecule has 1 rings (SSSR count). The van der Waals surface area contributed by atoms with Crippen molar-refractivity contribution in [3.63, 3.8) is 0 Å². The topological polar surface area (TPSA) is 52.6 Å². The van der Waals surface area contributed by atoms with Crippen LogP contribution >= 0.6 is 0 Å². The number of rotatable bonds is 4. The molecule has 1 amide bonds. The van der Waals surface area contributed by atoms with E-state index in [4.69, 9.17) is 0 Å². The van der Waals surface area contributed by atoms with E-state index in [1.807, 2.05) is 7.05 Å². The molecule has 0 aliphatic carbocycles. The molecule has 16 heavy (non-hydrogen) atoms. The van der Waals surface area contributed by atoms with Gasteiger partial charge in [0.25, 0.3) is 5.91 Å². The van der Waals surface area contributed by atoms with Crippen LogP contribution in [0.4, 0.5) is 0 Å². The highest BCUT2D eigenvalue weighted by molar-refractivity contribution is 5.94. The average molecular weight is 222 g/mol. The fourth-order valence-electron chi connectivity index (χ4n) is 1.39. The Morgan fingerprint density at radius 2 is 2.19 bits per heavy atom. The molecule has 0 aromatic heterocycles. The van der Waals surface area contributed by atoms with Crippen LogP contribution in [0.5, 0.6) is 5.75 Å². The lowest BCUT2D eigenvalue weighted by molar-refractivity contribution is 0.0797. The van der Waals surface area contributed by atoms with Crippen molar-refractivity contribution in [2.75, 3.05) is 27.2 Å². The van der Waals surface area contributed by atoms with Crippen molar-refractivity contribution in [2.24, 2.45) is 0 Å². The molecular formula is C12H18N2O2. The van der Waals surface area contributed by atoms with Crippen LogP contribution in [-0.4, -0.2) is 43.1 Å². The molecule has 0 unspecified atom stereocenters. The Morgan fingerprint density at radius 3 is 2.75 bits per heavy atom. The van der Waals surface area contributed by atoms with Gasteiger partial charge in [-0.15, -0.1) is 0 Å². The molecular weight excluding hydrogens is 204 g/mol. The maximum Gasteiger partial charge on any atom is 0.253 e. The van der Waals surface area contributed by atoms with E-state index in [0.717, 1.165) is 6.54 Å². The summed E-state index contributed by atoms with van der Waals surface area (Å²) in [5.74, 6) is 0.188. The van der Waals surface area contributed by atoms with Gasteiger partial charge in [-0.2, -0.15) is 0 Å². The van der Waals surface area contributed by atoms with Gasteiger partial charge in [0.1, 0.15) is 5.75 Å². The minimum absolute atomic E-state index is 0.0293. The molecule has 0 radical (unpaired) electrons. The number of hydrogen-bond donors (Lipinski definition) is 2. The van der Waals surface area contributed by atoms with Gasteiger partial charge in [-0.1, -0.05) is 0 Å². The summed E-state index contributed by atoms with van der Waals surface area (Å²) < 4.78 is 0. The zero-order valence-electron chi connectivity index (χ0n) is 9.95. The van der Waals surface area contributed by atoms with Crippen molar-refractivity contribution in [3.05, 3.63) is 29.3 Å². The Bertz CT molecular complexity index is 377. The molecule has 0 spiro atoms. The lowest BCUT2D eigenvalue weighted by Crippen LogP contribution is -2.32. The van der Waals surface area contributed by atoms with E-state index in [9.17, 15) is 9.90 Å². The van der Waals surface area contributed by atoms with Gasteiger partial charge in [0.05, 0.1) is 0 Å². The first-order chi connectivity index (χ1) is 7.56. The second-order valence-electron chi connectivity index (χ2n) is 3.83. The highest BCUT2D eigenvalue weighted by atomic mass is 16.3. The zero-order chi connectivity index (χ0) is 12.1. The lowest BCUT2D eigenvalue weighted by atomic mass is 10.1. The molecule has 1 aromatic carbocycles. The van der Waals surface area contributed by atoms with Crippen molar-refractivity contribution >= 4 is 5.91 Å². The quantitative estimate of drug-likeness (QED) is 0.799. The van der Waals surface area contributed by atoms with Gasteiger partial charge in [-0.3, -0.25) is 4.79 Å². The highest BCUT2D eigenvalue weighted by Crippen LogP contribution is 2.17. The summed E-state index contributed by atoms with van der Waals surface area (Å²) in [7, 11) is 3.62. The van der Waals surface area contributed by atoms with Gasteiger partial charge >= 0.3 is 0 Å². The molecule has 0 saturated carbocycles. The summed E-state index contributed by atoms with van der Waals surface area (Å²) in [5.41, 5.74) is 1.32. The first kappa shape index (κ1) is 12.5. The fraction of sp³-hybridized carbons (Fsp3) is 0.417. The monoisotopic (exact) mass is 222 g/mol. The second kappa shape index (κ2) is 5.51. The van der Waals surface area contributed by atoms with Crippen LogP contribution in [0.3, 0.4) is 0 Å². The summed E-state index contributed by atoms with van der Waals surface area (Å²) in [5, 5.41) is 12.4. The largest absolute Gasteiger partial charge is 0.508 e. The van der Waals surface area contributed by atoms with Gasteiger partial charge in [-0.05, 0) is 37.7 Å². The molecule has 0 fully saturated rings. The van der Waals surface area contributed by atoms with Crippen LogP contribution < -0.4 is 5.32 Å². The van der Waals surface area contributed by atoms with Crippen LogP contribution in [0.25, 0.3) is 0 Å². The number of aryl methyl sites for hydroxylation is 1. The normalized spacial score (nSPS) is 10.2. The smallest absolute Gasteiger partial charge is 0.253 e. The average Bonchev–Trinajstić information content (AvgIpc) is 2.28. The Morgan fingerprint density at radius 1 is 1.50 bits per heavy atom. The second-order valence-corrected chi connectivity index (χ2v) is 3.83. The van der Waals surface area contributed by atoms with Crippen LogP contribution in [-0.2, 0) is 0 Å². The zero-order valence-corrected chi connectivity index (χ0v) is 9.95. The number of likely N-dealkylation sites (N-methyl/N-ethyl adjacent to an activating group) is 2. The maximum absolute atomic E-state index is 11.9. The lowest BCUT2D eigenvalue weighted by Gasteiger charge is -2.17. The number of benzene rings is 1. The van der Waals surface area contributed by atoms with E-state index in [0.29, 0.717) is 17.7 Å². The summed E-state index contributed by atoms with van der Waals surface area (Å²) in [6.07, 6.45) is 0. The molecule has 0 bridgehead atoms. The molecule has 4 heteroatoms. The SMILES string of the molecule is CNCCN(C)C(=O)c1ccc(O)c(C)c1. The molecule has 0 aliphatic heterocycles. The maximum atomic E-state index is 11.9. The number of carbonyl (C=O) groups is 1. The minimum Gasteiger partial charge on any atom is -0.508 e. The van der Waals surface area contributed by atoms with E-state index in [1.165, 1.54) is 0 Å². The summed E-state index contributed by atoms with van der Waals surface area (Å²) in [6, 6.07) is 4.89. The Labute approximate surface area is 95.9 Å². The number of nitrogens with one attached hydrogen (secondary N) is 1. The number of amides is 1. The van der Waals surface area contributed by atoms with E-state index in [-0.39, 0.29) is 11.7 Å². The third-order valence-corrected chi connectivity index (χ3v) is 2.49. The van der Waals surface area contributed by atoms with Crippen molar-refractivity contribution in [1.29, 1.82) is 0 Å². The molecule has 0 aliphatic rings. The van der Waals surface area contributed by atoms with Crippen molar-refractivity contribution in [1.82, 2.24) is 10.2 Å². The van der Waals surface area contributed by atoms with Gasteiger partial charge in [0.15, 0.2) is 0 Å². The van der Waals surface area contributed by atoms with E-state index < -0.39 is 0 Å². The van der Waals surface area contributed by atoms with E-state index in [2.05, 4.69) is 5.32 Å². The number of nitrogens with zero attached hydrogens (tertiary/aromatic N) is 1. The minimum atomic E-state index is -0.0293. The fourth-order valence-corrected chi connectivity index (χ4v) is 1.39. The summed E-state index contributed by atoms with van der Waals surface area (Å²) in [6.45, 7) is 3.20. The van der Waals surface area contributed by atoms with Gasteiger partial charge in [0.2, 0.25) is 0 Å².